The molecule has 0 aliphatic carbocycles. The Morgan fingerprint density at radius 1 is 1.11 bits per heavy atom. The van der Waals surface area contributed by atoms with Gasteiger partial charge in [-0.25, -0.2) is 19.4 Å². The zero-order chi connectivity index (χ0) is 19.9. The first-order chi connectivity index (χ1) is 13.6. The number of nitrogens with zero attached hydrogens (tertiary/aromatic N) is 4. The molecule has 1 aromatic carbocycles. The molecule has 6 nitrogen and oxygen atoms in total. The summed E-state index contributed by atoms with van der Waals surface area (Å²) >= 11 is 0. The number of aromatic carboxylic acids is 1. The molecule has 1 N–H and O–H groups in total. The van der Waals surface area contributed by atoms with Crippen molar-refractivity contribution in [3.8, 4) is 11.1 Å². The van der Waals surface area contributed by atoms with Crippen LogP contribution >= 0.6 is 0 Å². The van der Waals surface area contributed by atoms with Crippen molar-refractivity contribution in [1.29, 1.82) is 0 Å². The van der Waals surface area contributed by atoms with Gasteiger partial charge in [0.25, 0.3) is 0 Å². The number of carboxylic acid groups (broad SMARTS) is 1. The third-order valence-corrected chi connectivity index (χ3v) is 4.62. The molecule has 0 saturated carbocycles. The van der Waals surface area contributed by atoms with E-state index >= 15 is 0 Å². The number of aromatic nitrogens is 4. The number of unbranched alkanes of at least 4 members (excludes halogenated alkanes) is 1. The Balaban J connectivity index is 1.81. The fraction of sp³-hybridized carbons (Fsp3) is 0.364. The summed E-state index contributed by atoms with van der Waals surface area (Å²) in [5.74, 6) is 0.878. The quantitative estimate of drug-likeness (QED) is 0.597. The molecule has 0 amide bonds. The van der Waals surface area contributed by atoms with Crippen LogP contribution in [0.25, 0.3) is 11.1 Å². The minimum Gasteiger partial charge on any atom is -0.476 e. The van der Waals surface area contributed by atoms with E-state index in [-0.39, 0.29) is 5.69 Å². The predicted octanol–water partition coefficient (Wildman–Crippen LogP) is 4.38. The number of carbonyl (C=O) groups is 1. The number of pyridine rings is 1. The monoisotopic (exact) mass is 378 g/mol. The highest BCUT2D eigenvalue weighted by Crippen LogP contribution is 2.23. The Labute approximate surface area is 165 Å². The van der Waals surface area contributed by atoms with Crippen molar-refractivity contribution < 1.29 is 9.90 Å². The number of benzene rings is 1. The van der Waals surface area contributed by atoms with Gasteiger partial charge in [-0.2, -0.15) is 5.10 Å². The second kappa shape index (κ2) is 9.26. The molecule has 2 aromatic heterocycles. The number of aryl methyl sites for hydroxylation is 2. The molecule has 0 unspecified atom stereocenters. The molecule has 146 valence electrons. The molecule has 28 heavy (non-hydrogen) atoms. The van der Waals surface area contributed by atoms with E-state index in [1.54, 1.807) is 12.1 Å². The largest absolute Gasteiger partial charge is 0.476 e. The Hall–Kier alpha value is -3.02. The second-order valence-electron chi connectivity index (χ2n) is 6.85. The molecular weight excluding hydrogens is 352 g/mol. The molecule has 3 rings (SSSR count). The van der Waals surface area contributed by atoms with Crippen LogP contribution in [0.5, 0.6) is 0 Å². The molecule has 6 heteroatoms. The lowest BCUT2D eigenvalue weighted by atomic mass is 10.0. The van der Waals surface area contributed by atoms with Gasteiger partial charge in [0.2, 0.25) is 0 Å². The lowest BCUT2D eigenvalue weighted by molar-refractivity contribution is 0.0691. The van der Waals surface area contributed by atoms with Crippen molar-refractivity contribution in [3.63, 3.8) is 0 Å². The Kier molecular flexibility index (Phi) is 6.53. The summed E-state index contributed by atoms with van der Waals surface area (Å²) in [5, 5.41) is 14.0. The minimum absolute atomic E-state index is 0.0681. The Bertz CT molecular complexity index is 932. The lowest BCUT2D eigenvalue weighted by Gasteiger charge is -2.07. The molecule has 3 aromatic rings. The normalized spacial score (nSPS) is 10.9. The third-order valence-electron chi connectivity index (χ3n) is 4.62. The summed E-state index contributed by atoms with van der Waals surface area (Å²) in [6.07, 6.45) is 6.36. The van der Waals surface area contributed by atoms with Crippen LogP contribution in [0.1, 0.15) is 60.8 Å². The minimum atomic E-state index is -1.02. The lowest BCUT2D eigenvalue weighted by Crippen LogP contribution is -2.06. The van der Waals surface area contributed by atoms with Crippen molar-refractivity contribution in [1.82, 2.24) is 19.7 Å². The van der Waals surface area contributed by atoms with Crippen molar-refractivity contribution in [2.24, 2.45) is 0 Å². The van der Waals surface area contributed by atoms with Crippen LogP contribution in [0.15, 0.2) is 42.6 Å². The SMILES string of the molecule is CCCCc1nc(Cc2ccc(-c3cccnc3C(=O)O)cc2)n(CCC)n1. The van der Waals surface area contributed by atoms with Crippen LogP contribution in [-0.4, -0.2) is 30.8 Å². The number of rotatable bonds is 9. The summed E-state index contributed by atoms with van der Waals surface area (Å²) in [7, 11) is 0. The molecule has 0 aliphatic rings. The van der Waals surface area contributed by atoms with Gasteiger partial charge in [-0.15, -0.1) is 0 Å². The van der Waals surface area contributed by atoms with Gasteiger partial charge in [0, 0.05) is 31.1 Å². The highest BCUT2D eigenvalue weighted by molar-refractivity contribution is 5.93. The standard InChI is InChI=1S/C22H26N4O2/c1-3-5-8-19-24-20(26(25-19)14-4-2)15-16-9-11-17(12-10-16)18-7-6-13-23-21(18)22(27)28/h6-7,9-13H,3-5,8,14-15H2,1-2H3,(H,27,28). The second-order valence-corrected chi connectivity index (χ2v) is 6.85. The fourth-order valence-electron chi connectivity index (χ4n) is 3.18. The van der Waals surface area contributed by atoms with E-state index in [1.165, 1.54) is 6.20 Å². The molecule has 0 fully saturated rings. The topological polar surface area (TPSA) is 80.9 Å². The van der Waals surface area contributed by atoms with E-state index in [1.807, 2.05) is 28.9 Å². The zero-order valence-electron chi connectivity index (χ0n) is 16.4. The van der Waals surface area contributed by atoms with Gasteiger partial charge in [-0.1, -0.05) is 50.6 Å². The van der Waals surface area contributed by atoms with Crippen molar-refractivity contribution in [3.05, 3.63) is 65.5 Å². The van der Waals surface area contributed by atoms with E-state index in [2.05, 4.69) is 23.9 Å². The van der Waals surface area contributed by atoms with Gasteiger partial charge < -0.3 is 5.11 Å². The van der Waals surface area contributed by atoms with Crippen molar-refractivity contribution in [2.75, 3.05) is 0 Å². The highest BCUT2D eigenvalue weighted by atomic mass is 16.4. The van der Waals surface area contributed by atoms with Crippen molar-refractivity contribution in [2.45, 2.75) is 52.5 Å². The summed E-state index contributed by atoms with van der Waals surface area (Å²) in [6.45, 7) is 5.17. The van der Waals surface area contributed by atoms with E-state index in [4.69, 9.17) is 4.98 Å². The van der Waals surface area contributed by atoms with Gasteiger partial charge in [0.05, 0.1) is 0 Å². The van der Waals surface area contributed by atoms with E-state index in [0.717, 1.165) is 55.0 Å². The summed E-state index contributed by atoms with van der Waals surface area (Å²) in [5.41, 5.74) is 2.65. The maximum absolute atomic E-state index is 11.4. The molecule has 0 saturated heterocycles. The van der Waals surface area contributed by atoms with Gasteiger partial charge in [-0.3, -0.25) is 0 Å². The molecule has 0 radical (unpaired) electrons. The smallest absolute Gasteiger partial charge is 0.355 e. The van der Waals surface area contributed by atoms with Gasteiger partial charge in [-0.05, 0) is 30.0 Å². The number of hydrogen-bond acceptors (Lipinski definition) is 4. The number of carboxylic acids is 1. The first-order valence-electron chi connectivity index (χ1n) is 9.82. The third kappa shape index (κ3) is 4.63. The van der Waals surface area contributed by atoms with Gasteiger partial charge >= 0.3 is 5.97 Å². The zero-order valence-corrected chi connectivity index (χ0v) is 16.4. The van der Waals surface area contributed by atoms with Crippen LogP contribution in [-0.2, 0) is 19.4 Å². The fourth-order valence-corrected chi connectivity index (χ4v) is 3.18. The van der Waals surface area contributed by atoms with Crippen LogP contribution in [0, 0.1) is 0 Å². The molecule has 0 atom stereocenters. The van der Waals surface area contributed by atoms with Crippen LogP contribution in [0.2, 0.25) is 0 Å². The summed E-state index contributed by atoms with van der Waals surface area (Å²) in [6, 6.07) is 11.5. The summed E-state index contributed by atoms with van der Waals surface area (Å²) < 4.78 is 2.02. The van der Waals surface area contributed by atoms with Crippen LogP contribution < -0.4 is 0 Å². The van der Waals surface area contributed by atoms with E-state index in [9.17, 15) is 9.90 Å². The van der Waals surface area contributed by atoms with E-state index in [0.29, 0.717) is 12.0 Å². The summed E-state index contributed by atoms with van der Waals surface area (Å²) in [4.78, 5) is 20.1. The maximum Gasteiger partial charge on any atom is 0.355 e. The first kappa shape index (κ1) is 19.7. The average molecular weight is 378 g/mol. The van der Waals surface area contributed by atoms with Crippen molar-refractivity contribution >= 4 is 5.97 Å². The molecule has 0 bridgehead atoms. The first-order valence-corrected chi connectivity index (χ1v) is 9.82. The van der Waals surface area contributed by atoms with Gasteiger partial charge in [0.1, 0.15) is 5.82 Å². The van der Waals surface area contributed by atoms with Gasteiger partial charge in [0.15, 0.2) is 11.5 Å². The average Bonchev–Trinajstić information content (AvgIpc) is 3.08. The highest BCUT2D eigenvalue weighted by Gasteiger charge is 2.13. The molecule has 2 heterocycles. The molecular formula is C22H26N4O2. The Morgan fingerprint density at radius 3 is 2.57 bits per heavy atom. The van der Waals surface area contributed by atoms with E-state index < -0.39 is 5.97 Å². The predicted molar refractivity (Wildman–Crippen MR) is 108 cm³/mol. The van der Waals surface area contributed by atoms with Crippen LogP contribution in [0.3, 0.4) is 0 Å². The number of hydrogen-bond donors (Lipinski definition) is 1. The molecule has 0 spiro atoms. The maximum atomic E-state index is 11.4. The molecule has 0 aliphatic heterocycles. The van der Waals surface area contributed by atoms with Crippen LogP contribution in [0.4, 0.5) is 0 Å². The Morgan fingerprint density at radius 2 is 1.89 bits per heavy atom.